The zero-order valence-electron chi connectivity index (χ0n) is 29.3. The number of oxazole rings is 1. The van der Waals surface area contributed by atoms with Gasteiger partial charge in [-0.15, -0.1) is 0 Å². The summed E-state index contributed by atoms with van der Waals surface area (Å²) in [5.41, 5.74) is 12.1. The average Bonchev–Trinajstić information content (AvgIpc) is 4.01. The van der Waals surface area contributed by atoms with Gasteiger partial charge in [-0.1, -0.05) is 72.8 Å². The molecule has 8 aromatic carbocycles. The molecule has 0 unspecified atom stereocenters. The summed E-state index contributed by atoms with van der Waals surface area (Å²) in [7, 11) is 0. The first-order valence-corrected chi connectivity index (χ1v) is 18.4. The quantitative estimate of drug-likeness (QED) is 0.178. The maximum absolute atomic E-state index is 6.45. The van der Waals surface area contributed by atoms with Crippen LogP contribution < -0.4 is 4.90 Å². The van der Waals surface area contributed by atoms with E-state index in [1.165, 1.54) is 10.8 Å². The first kappa shape index (κ1) is 29.9. The summed E-state index contributed by atoms with van der Waals surface area (Å²) < 4.78 is 21.5. The Bertz CT molecular complexity index is 3440. The number of anilines is 3. The molecule has 4 aromatic heterocycles. The number of fused-ring (bicyclic) bond motifs is 11. The first-order valence-electron chi connectivity index (χ1n) is 18.4. The Kier molecular flexibility index (Phi) is 6.24. The van der Waals surface area contributed by atoms with Crippen LogP contribution in [0.5, 0.6) is 0 Å². The monoisotopic (exact) mass is 707 g/mol. The third-order valence-electron chi connectivity index (χ3n) is 10.8. The van der Waals surface area contributed by atoms with Gasteiger partial charge in [-0.05, 0) is 97.1 Å². The highest BCUT2D eigenvalue weighted by Crippen LogP contribution is 2.44. The van der Waals surface area contributed by atoms with E-state index < -0.39 is 0 Å². The van der Waals surface area contributed by atoms with Crippen LogP contribution in [0.4, 0.5) is 17.1 Å². The van der Waals surface area contributed by atoms with Crippen molar-refractivity contribution in [2.24, 2.45) is 0 Å². The molecule has 0 aliphatic heterocycles. The van der Waals surface area contributed by atoms with Crippen LogP contribution in [0.1, 0.15) is 0 Å². The van der Waals surface area contributed by atoms with E-state index in [2.05, 4.69) is 131 Å². The fraction of sp³-hybridized carbons (Fsp3) is 0. The van der Waals surface area contributed by atoms with Crippen molar-refractivity contribution >= 4 is 93.8 Å². The normalized spacial score (nSPS) is 12.0. The van der Waals surface area contributed by atoms with Crippen molar-refractivity contribution in [3.8, 4) is 17.1 Å². The lowest BCUT2D eigenvalue weighted by Crippen LogP contribution is -2.09. The largest absolute Gasteiger partial charge is 0.456 e. The van der Waals surface area contributed by atoms with Crippen molar-refractivity contribution in [3.05, 3.63) is 176 Å². The Hall–Kier alpha value is -7.57. The number of hydrogen-bond acceptors (Lipinski definition) is 5. The molecule has 0 radical (unpaired) electrons. The fourth-order valence-electron chi connectivity index (χ4n) is 8.34. The molecule has 6 heteroatoms. The van der Waals surface area contributed by atoms with Gasteiger partial charge in [-0.3, -0.25) is 0 Å². The van der Waals surface area contributed by atoms with Crippen molar-refractivity contribution in [3.63, 3.8) is 0 Å². The highest BCUT2D eigenvalue weighted by atomic mass is 16.4. The summed E-state index contributed by atoms with van der Waals surface area (Å²) in [5, 5.41) is 6.43. The Balaban J connectivity index is 1.10. The zero-order valence-corrected chi connectivity index (χ0v) is 29.3. The van der Waals surface area contributed by atoms with Crippen molar-refractivity contribution in [1.29, 1.82) is 0 Å². The summed E-state index contributed by atoms with van der Waals surface area (Å²) in [4.78, 5) is 7.32. The third-order valence-corrected chi connectivity index (χ3v) is 10.8. The van der Waals surface area contributed by atoms with E-state index in [4.69, 9.17) is 18.2 Å². The second kappa shape index (κ2) is 11.5. The molecule has 12 aromatic rings. The summed E-state index contributed by atoms with van der Waals surface area (Å²) in [5.74, 6) is 0.581. The highest BCUT2D eigenvalue weighted by molar-refractivity contribution is 6.18. The van der Waals surface area contributed by atoms with E-state index in [0.29, 0.717) is 11.5 Å². The van der Waals surface area contributed by atoms with Gasteiger partial charge in [0.1, 0.15) is 27.8 Å². The molecule has 0 fully saturated rings. The Morgan fingerprint density at radius 2 is 1.00 bits per heavy atom. The summed E-state index contributed by atoms with van der Waals surface area (Å²) in [6.45, 7) is 0. The molecule has 55 heavy (non-hydrogen) atoms. The molecule has 0 aliphatic rings. The molecular weight excluding hydrogens is 679 g/mol. The Morgan fingerprint density at radius 1 is 0.400 bits per heavy atom. The van der Waals surface area contributed by atoms with Gasteiger partial charge in [0.15, 0.2) is 5.58 Å². The molecule has 12 rings (SSSR count). The minimum absolute atomic E-state index is 0.581. The van der Waals surface area contributed by atoms with Crippen LogP contribution in [0.25, 0.3) is 93.9 Å². The van der Waals surface area contributed by atoms with E-state index in [1.807, 2.05) is 54.6 Å². The number of rotatable bonds is 5. The van der Waals surface area contributed by atoms with Crippen LogP contribution >= 0.6 is 0 Å². The number of aromatic nitrogens is 2. The molecule has 0 amide bonds. The fourth-order valence-corrected chi connectivity index (χ4v) is 8.34. The molecule has 0 N–H and O–H groups in total. The maximum atomic E-state index is 6.45. The number of hydrogen-bond donors (Lipinski definition) is 0. The second-order valence-electron chi connectivity index (χ2n) is 14.0. The summed E-state index contributed by atoms with van der Waals surface area (Å²) >= 11 is 0. The third kappa shape index (κ3) is 4.52. The topological polar surface area (TPSA) is 60.5 Å². The van der Waals surface area contributed by atoms with Crippen LogP contribution in [-0.2, 0) is 0 Å². The van der Waals surface area contributed by atoms with Gasteiger partial charge in [-0.25, -0.2) is 4.98 Å². The van der Waals surface area contributed by atoms with Gasteiger partial charge in [0.05, 0.1) is 16.4 Å². The van der Waals surface area contributed by atoms with Gasteiger partial charge >= 0.3 is 0 Å². The second-order valence-corrected chi connectivity index (χ2v) is 14.0. The zero-order chi connectivity index (χ0) is 36.0. The average molecular weight is 708 g/mol. The van der Waals surface area contributed by atoms with Gasteiger partial charge in [-0.2, -0.15) is 0 Å². The van der Waals surface area contributed by atoms with Gasteiger partial charge < -0.3 is 22.7 Å². The molecular formula is C49H29N3O3. The summed E-state index contributed by atoms with van der Waals surface area (Å²) in [6, 6.07) is 60.9. The molecule has 0 aliphatic carbocycles. The highest BCUT2D eigenvalue weighted by Gasteiger charge is 2.22. The molecule has 258 valence electrons. The lowest BCUT2D eigenvalue weighted by atomic mass is 10.1. The first-order chi connectivity index (χ1) is 27.2. The number of benzene rings is 8. The predicted molar refractivity (Wildman–Crippen MR) is 223 cm³/mol. The van der Waals surface area contributed by atoms with Crippen LogP contribution in [0, 0.1) is 0 Å². The van der Waals surface area contributed by atoms with Crippen LogP contribution in [0.3, 0.4) is 0 Å². The van der Waals surface area contributed by atoms with E-state index in [0.717, 1.165) is 88.7 Å². The van der Waals surface area contributed by atoms with Crippen LogP contribution in [-0.4, -0.2) is 9.55 Å². The van der Waals surface area contributed by atoms with E-state index in [-0.39, 0.29) is 0 Å². The lowest BCUT2D eigenvalue weighted by molar-refractivity contribution is 0.619. The molecule has 6 nitrogen and oxygen atoms in total. The SMILES string of the molecule is c1ccc(-c2nc3c(ccc4oc5ccc(N(c6ccc7c(c6)oc6ccccc67)c6ccc7c(c6)c6ccccc6n7-c6ccccc6)cc5c43)o2)cc1. The van der Waals surface area contributed by atoms with Crippen molar-refractivity contribution in [1.82, 2.24) is 9.55 Å². The number of para-hydroxylation sites is 3. The molecule has 0 spiro atoms. The maximum Gasteiger partial charge on any atom is 0.227 e. The van der Waals surface area contributed by atoms with Gasteiger partial charge in [0.25, 0.3) is 0 Å². The van der Waals surface area contributed by atoms with Gasteiger partial charge in [0.2, 0.25) is 5.89 Å². The smallest absolute Gasteiger partial charge is 0.227 e. The standard InChI is InChI=1S/C49H29N3O3/c1-3-11-30(12-4-1)49-50-48-45(55-49)26-25-44-47(48)39-28-33(21-24-43(39)53-44)51(34-19-22-37-36-16-8-10-18-42(36)54-46(37)29-34)32-20-23-41-38(27-32)35-15-7-9-17-40(35)52(41)31-13-5-2-6-14-31/h1-29H. The van der Waals surface area contributed by atoms with E-state index in [9.17, 15) is 0 Å². The molecule has 0 saturated heterocycles. The van der Waals surface area contributed by atoms with E-state index in [1.54, 1.807) is 0 Å². The molecule has 0 bridgehead atoms. The number of nitrogens with zero attached hydrogens (tertiary/aromatic N) is 3. The minimum atomic E-state index is 0.581. The molecule has 0 atom stereocenters. The van der Waals surface area contributed by atoms with Crippen LogP contribution in [0.15, 0.2) is 189 Å². The predicted octanol–water partition coefficient (Wildman–Crippen LogP) is 13.9. The minimum Gasteiger partial charge on any atom is -0.456 e. The lowest BCUT2D eigenvalue weighted by Gasteiger charge is -2.26. The Morgan fingerprint density at radius 3 is 1.87 bits per heavy atom. The van der Waals surface area contributed by atoms with Crippen molar-refractivity contribution < 1.29 is 13.3 Å². The van der Waals surface area contributed by atoms with Crippen molar-refractivity contribution in [2.75, 3.05) is 4.90 Å². The van der Waals surface area contributed by atoms with Crippen molar-refractivity contribution in [2.45, 2.75) is 0 Å². The molecule has 0 saturated carbocycles. The Labute approximate surface area is 313 Å². The van der Waals surface area contributed by atoms with Gasteiger partial charge in [0, 0.05) is 61.3 Å². The van der Waals surface area contributed by atoms with E-state index >= 15 is 0 Å². The van der Waals surface area contributed by atoms with Crippen LogP contribution in [0.2, 0.25) is 0 Å². The molecule has 4 heterocycles. The summed E-state index contributed by atoms with van der Waals surface area (Å²) in [6.07, 6.45) is 0. The number of furan rings is 2.